The zero-order valence-corrected chi connectivity index (χ0v) is 10.7. The molecule has 2 heteroatoms. The van der Waals surface area contributed by atoms with Crippen molar-refractivity contribution in [1.82, 2.24) is 0 Å². The van der Waals surface area contributed by atoms with Gasteiger partial charge in [0.2, 0.25) is 0 Å². The predicted octanol–water partition coefficient (Wildman–Crippen LogP) is 3.65. The minimum Gasteiger partial charge on any atom is -0.481 e. The van der Waals surface area contributed by atoms with Crippen molar-refractivity contribution in [3.05, 3.63) is 23.8 Å². The fourth-order valence-corrected chi connectivity index (χ4v) is 2.48. The molecular weight excluding hydrogens is 200 g/mol. The molecule has 0 aromatic rings. The van der Waals surface area contributed by atoms with Gasteiger partial charge in [0.1, 0.15) is 0 Å². The van der Waals surface area contributed by atoms with Crippen molar-refractivity contribution in [2.24, 2.45) is 17.3 Å². The lowest BCUT2D eigenvalue weighted by Crippen LogP contribution is -2.38. The number of rotatable bonds is 3. The van der Waals surface area contributed by atoms with Crippen molar-refractivity contribution in [3.63, 3.8) is 0 Å². The third-order valence-electron chi connectivity index (χ3n) is 3.76. The van der Waals surface area contributed by atoms with Crippen LogP contribution in [0.25, 0.3) is 0 Å². The Hall–Kier alpha value is -1.05. The van der Waals surface area contributed by atoms with Crippen LogP contribution in [-0.2, 0) is 4.79 Å². The van der Waals surface area contributed by atoms with Gasteiger partial charge in [0.15, 0.2) is 0 Å². The number of hydrogen-bond donors (Lipinski definition) is 1. The van der Waals surface area contributed by atoms with Crippen LogP contribution in [0.2, 0.25) is 0 Å². The Morgan fingerprint density at radius 2 is 2.12 bits per heavy atom. The molecule has 1 N–H and O–H groups in total. The first-order valence-electron chi connectivity index (χ1n) is 5.83. The molecule has 1 rings (SSSR count). The van der Waals surface area contributed by atoms with Gasteiger partial charge in [0.05, 0.1) is 5.41 Å². The van der Waals surface area contributed by atoms with Crippen LogP contribution in [0.3, 0.4) is 0 Å². The average molecular weight is 222 g/mol. The molecule has 0 amide bonds. The minimum atomic E-state index is -0.727. The number of hydrogen-bond acceptors (Lipinski definition) is 1. The van der Waals surface area contributed by atoms with Crippen LogP contribution in [0.5, 0.6) is 0 Å². The SMILES string of the molecule is C=C(C)[C@@H]1CCC(C)=C[C@@H]1C(C)(C)C(=O)O. The highest BCUT2D eigenvalue weighted by molar-refractivity contribution is 5.74. The van der Waals surface area contributed by atoms with Crippen LogP contribution >= 0.6 is 0 Å². The standard InChI is InChI=1S/C14H22O2/c1-9(2)11-7-6-10(3)8-12(11)14(4,5)13(15)16/h8,11-12H,1,6-7H2,2-5H3,(H,15,16)/t11-,12-/m0/s1. The van der Waals surface area contributed by atoms with Crippen molar-refractivity contribution in [1.29, 1.82) is 0 Å². The molecule has 0 saturated heterocycles. The van der Waals surface area contributed by atoms with Gasteiger partial charge >= 0.3 is 5.97 Å². The largest absolute Gasteiger partial charge is 0.481 e. The maximum Gasteiger partial charge on any atom is 0.309 e. The molecule has 16 heavy (non-hydrogen) atoms. The minimum absolute atomic E-state index is 0.0660. The highest BCUT2D eigenvalue weighted by Crippen LogP contribution is 2.43. The van der Waals surface area contributed by atoms with E-state index >= 15 is 0 Å². The van der Waals surface area contributed by atoms with E-state index in [0.717, 1.165) is 18.4 Å². The molecule has 0 fully saturated rings. The van der Waals surface area contributed by atoms with Crippen LogP contribution in [0, 0.1) is 17.3 Å². The summed E-state index contributed by atoms with van der Waals surface area (Å²) in [5.41, 5.74) is 1.69. The van der Waals surface area contributed by atoms with Crippen molar-refractivity contribution in [3.8, 4) is 0 Å². The Morgan fingerprint density at radius 3 is 2.56 bits per heavy atom. The zero-order valence-electron chi connectivity index (χ0n) is 10.7. The molecule has 1 aliphatic carbocycles. The van der Waals surface area contributed by atoms with Crippen LogP contribution < -0.4 is 0 Å². The van der Waals surface area contributed by atoms with Gasteiger partial charge in [0, 0.05) is 0 Å². The summed E-state index contributed by atoms with van der Waals surface area (Å²) in [4.78, 5) is 11.3. The van der Waals surface area contributed by atoms with Crippen LogP contribution in [-0.4, -0.2) is 11.1 Å². The lowest BCUT2D eigenvalue weighted by molar-refractivity contribution is -0.150. The number of carboxylic acid groups (broad SMARTS) is 1. The molecule has 0 unspecified atom stereocenters. The zero-order chi connectivity index (χ0) is 12.5. The quantitative estimate of drug-likeness (QED) is 0.740. The van der Waals surface area contributed by atoms with E-state index in [1.54, 1.807) is 0 Å². The summed E-state index contributed by atoms with van der Waals surface area (Å²) in [7, 11) is 0. The van der Waals surface area contributed by atoms with E-state index in [2.05, 4.69) is 19.6 Å². The van der Waals surface area contributed by atoms with E-state index in [0.29, 0.717) is 5.92 Å². The van der Waals surface area contributed by atoms with Crippen molar-refractivity contribution < 1.29 is 9.90 Å². The highest BCUT2D eigenvalue weighted by Gasteiger charge is 2.41. The number of carboxylic acids is 1. The van der Waals surface area contributed by atoms with Gasteiger partial charge in [-0.3, -0.25) is 4.79 Å². The average Bonchev–Trinajstić information content (AvgIpc) is 2.16. The molecular formula is C14H22O2. The maximum absolute atomic E-state index is 11.3. The fraction of sp³-hybridized carbons (Fsp3) is 0.643. The third kappa shape index (κ3) is 2.37. The predicted molar refractivity (Wildman–Crippen MR) is 66.2 cm³/mol. The van der Waals surface area contributed by atoms with Crippen molar-refractivity contribution in [2.75, 3.05) is 0 Å². The van der Waals surface area contributed by atoms with Gasteiger partial charge < -0.3 is 5.11 Å². The summed E-state index contributed by atoms with van der Waals surface area (Å²) in [5, 5.41) is 9.32. The van der Waals surface area contributed by atoms with Crippen molar-refractivity contribution >= 4 is 5.97 Å². The molecule has 2 nitrogen and oxygen atoms in total. The van der Waals surface area contributed by atoms with Crippen molar-refractivity contribution in [2.45, 2.75) is 40.5 Å². The Balaban J connectivity index is 3.09. The first kappa shape index (κ1) is 13.0. The van der Waals surface area contributed by atoms with E-state index in [9.17, 15) is 9.90 Å². The molecule has 0 heterocycles. The molecule has 90 valence electrons. The maximum atomic E-state index is 11.3. The van der Waals surface area contributed by atoms with E-state index in [1.807, 2.05) is 20.8 Å². The summed E-state index contributed by atoms with van der Waals surface area (Å²) < 4.78 is 0. The molecule has 0 aromatic heterocycles. The summed E-state index contributed by atoms with van der Waals surface area (Å²) >= 11 is 0. The van der Waals surface area contributed by atoms with Gasteiger partial charge in [-0.15, -0.1) is 0 Å². The fourth-order valence-electron chi connectivity index (χ4n) is 2.48. The second-order valence-corrected chi connectivity index (χ2v) is 5.56. The summed E-state index contributed by atoms with van der Waals surface area (Å²) in [5.74, 6) is -0.360. The van der Waals surface area contributed by atoms with Crippen LogP contribution in [0.1, 0.15) is 40.5 Å². The second-order valence-electron chi connectivity index (χ2n) is 5.56. The first-order chi connectivity index (χ1) is 7.26. The third-order valence-corrected chi connectivity index (χ3v) is 3.76. The van der Waals surface area contributed by atoms with Crippen LogP contribution in [0.4, 0.5) is 0 Å². The van der Waals surface area contributed by atoms with Crippen LogP contribution in [0.15, 0.2) is 23.8 Å². The molecule has 0 aromatic carbocycles. The molecule has 1 aliphatic rings. The number of allylic oxidation sites excluding steroid dienone is 3. The van der Waals surface area contributed by atoms with E-state index in [-0.39, 0.29) is 5.92 Å². The smallest absolute Gasteiger partial charge is 0.309 e. The highest BCUT2D eigenvalue weighted by atomic mass is 16.4. The normalized spacial score (nSPS) is 26.1. The number of aliphatic carboxylic acids is 1. The molecule has 0 spiro atoms. The van der Waals surface area contributed by atoms with Gasteiger partial charge in [0.25, 0.3) is 0 Å². The summed E-state index contributed by atoms with van der Waals surface area (Å²) in [6, 6.07) is 0. The second kappa shape index (κ2) is 4.44. The summed E-state index contributed by atoms with van der Waals surface area (Å²) in [6.07, 6.45) is 4.22. The molecule has 0 aliphatic heterocycles. The molecule has 0 radical (unpaired) electrons. The Bertz CT molecular complexity index is 337. The first-order valence-corrected chi connectivity index (χ1v) is 5.83. The molecule has 0 bridgehead atoms. The Morgan fingerprint density at radius 1 is 1.56 bits per heavy atom. The van der Waals surface area contributed by atoms with Gasteiger partial charge in [-0.1, -0.05) is 23.8 Å². The van der Waals surface area contributed by atoms with Gasteiger partial charge in [-0.25, -0.2) is 0 Å². The van der Waals surface area contributed by atoms with Gasteiger partial charge in [-0.2, -0.15) is 0 Å². The monoisotopic (exact) mass is 222 g/mol. The Kier molecular flexibility index (Phi) is 3.61. The lowest BCUT2D eigenvalue weighted by Gasteiger charge is -2.38. The van der Waals surface area contributed by atoms with E-state index in [1.165, 1.54) is 5.57 Å². The topological polar surface area (TPSA) is 37.3 Å². The summed E-state index contributed by atoms with van der Waals surface area (Å²) in [6.45, 7) is 11.7. The number of carbonyl (C=O) groups is 1. The van der Waals surface area contributed by atoms with E-state index in [4.69, 9.17) is 0 Å². The molecule has 0 saturated carbocycles. The van der Waals surface area contributed by atoms with Gasteiger partial charge in [-0.05, 0) is 52.4 Å². The lowest BCUT2D eigenvalue weighted by atomic mass is 9.65. The Labute approximate surface area is 98.1 Å². The van der Waals surface area contributed by atoms with E-state index < -0.39 is 11.4 Å². The molecule has 2 atom stereocenters.